The van der Waals surface area contributed by atoms with Gasteiger partial charge in [0.1, 0.15) is 6.04 Å². The fourth-order valence-corrected chi connectivity index (χ4v) is 6.28. The van der Waals surface area contributed by atoms with Gasteiger partial charge >= 0.3 is 12.2 Å². The number of amides is 3. The van der Waals surface area contributed by atoms with Gasteiger partial charge < -0.3 is 30.1 Å². The lowest BCUT2D eigenvalue weighted by atomic mass is 9.84. The van der Waals surface area contributed by atoms with Crippen LogP contribution in [0.15, 0.2) is 109 Å². The number of hydrogen-bond acceptors (Lipinski definition) is 5. The average molecular weight is 670 g/mol. The molecule has 3 atom stereocenters. The molecule has 0 bridgehead atoms. The van der Waals surface area contributed by atoms with Gasteiger partial charge in [-0.3, -0.25) is 4.79 Å². The third-order valence-corrected chi connectivity index (χ3v) is 8.83. The van der Waals surface area contributed by atoms with E-state index in [-0.39, 0.29) is 18.8 Å². The molecule has 10 heteroatoms. The Balaban J connectivity index is 1.31. The highest BCUT2D eigenvalue weighted by Gasteiger charge is 2.34. The number of benzene rings is 4. The molecule has 1 aliphatic rings. The molecule has 48 heavy (non-hydrogen) atoms. The maximum absolute atomic E-state index is 14.1. The van der Waals surface area contributed by atoms with E-state index in [0.29, 0.717) is 36.5 Å². The summed E-state index contributed by atoms with van der Waals surface area (Å²) in [5.41, 5.74) is 4.29. The topological polar surface area (TPSA) is 117 Å². The summed E-state index contributed by atoms with van der Waals surface area (Å²) in [6.07, 6.45) is 0.249. The number of carbonyl (C=O) groups is 3. The van der Waals surface area contributed by atoms with Crippen molar-refractivity contribution in [1.29, 1.82) is 0 Å². The average Bonchev–Trinajstić information content (AvgIpc) is 3.11. The summed E-state index contributed by atoms with van der Waals surface area (Å²) in [7, 11) is 1.26. The van der Waals surface area contributed by atoms with Gasteiger partial charge in [-0.05, 0) is 66.1 Å². The first-order valence-electron chi connectivity index (χ1n) is 16.0. The Kier molecular flexibility index (Phi) is 12.1. The van der Waals surface area contributed by atoms with Crippen LogP contribution in [0.3, 0.4) is 0 Å². The molecule has 0 radical (unpaired) electrons. The molecular weight excluding hydrogens is 630 g/mol. The fraction of sp³-hybridized carbons (Fsp3) is 0.289. The van der Waals surface area contributed by atoms with Crippen LogP contribution in [-0.2, 0) is 27.1 Å². The van der Waals surface area contributed by atoms with Gasteiger partial charge in [0.15, 0.2) is 0 Å². The lowest BCUT2D eigenvalue weighted by Crippen LogP contribution is -2.50. The van der Waals surface area contributed by atoms with Gasteiger partial charge in [-0.1, -0.05) is 103 Å². The Morgan fingerprint density at radius 1 is 0.833 bits per heavy atom. The van der Waals surface area contributed by atoms with Crippen molar-refractivity contribution in [3.05, 3.63) is 136 Å². The molecule has 4 aromatic carbocycles. The van der Waals surface area contributed by atoms with Crippen molar-refractivity contribution in [3.8, 4) is 0 Å². The number of morpholine rings is 1. The molecule has 1 saturated heterocycles. The monoisotopic (exact) mass is 669 g/mol. The van der Waals surface area contributed by atoms with Crippen LogP contribution in [-0.4, -0.2) is 66.5 Å². The largest absolute Gasteiger partial charge is 0.465 e. The number of aryl methyl sites for hydroxylation is 2. The van der Waals surface area contributed by atoms with E-state index < -0.39 is 30.1 Å². The number of anilines is 1. The number of alkyl carbamates (subject to hydrolysis) is 1. The molecule has 4 aromatic rings. The Morgan fingerprint density at radius 3 is 1.98 bits per heavy atom. The maximum atomic E-state index is 14.1. The third kappa shape index (κ3) is 9.36. The molecule has 0 saturated carbocycles. The first-order valence-corrected chi connectivity index (χ1v) is 16.4. The van der Waals surface area contributed by atoms with Crippen molar-refractivity contribution in [2.45, 2.75) is 49.9 Å². The van der Waals surface area contributed by atoms with Crippen molar-refractivity contribution in [1.82, 2.24) is 10.2 Å². The second-order valence-electron chi connectivity index (χ2n) is 11.8. The molecular formula is C38H40ClN3O6. The van der Waals surface area contributed by atoms with Crippen molar-refractivity contribution in [2.75, 3.05) is 25.5 Å². The van der Waals surface area contributed by atoms with E-state index in [1.165, 1.54) is 12.0 Å². The molecule has 1 fully saturated rings. The number of nitrogens with one attached hydrogen (secondary N) is 2. The molecule has 250 valence electrons. The van der Waals surface area contributed by atoms with Crippen LogP contribution < -0.4 is 10.6 Å². The Labute approximate surface area is 285 Å². The SMILES string of the molecule is COC(=O)N[C@H](C(=O)Nc1ccccc1CC[C@@H]1CN(C(=O)O)C[C@@H](CCc2ccc(Cl)cc2)O1)C(c1ccccc1)c1ccccc1. The van der Waals surface area contributed by atoms with Gasteiger partial charge in [-0.25, -0.2) is 9.59 Å². The molecule has 3 N–H and O–H groups in total. The quantitative estimate of drug-likeness (QED) is 0.148. The predicted octanol–water partition coefficient (Wildman–Crippen LogP) is 7.15. The van der Waals surface area contributed by atoms with Crippen LogP contribution in [0.1, 0.15) is 41.0 Å². The van der Waals surface area contributed by atoms with Crippen molar-refractivity contribution >= 4 is 35.4 Å². The fourth-order valence-electron chi connectivity index (χ4n) is 6.15. The highest BCUT2D eigenvalue weighted by Crippen LogP contribution is 2.30. The van der Waals surface area contributed by atoms with Crippen molar-refractivity contribution in [3.63, 3.8) is 0 Å². The number of carbonyl (C=O) groups excluding carboxylic acids is 2. The number of rotatable bonds is 12. The summed E-state index contributed by atoms with van der Waals surface area (Å²) in [4.78, 5) is 40.1. The van der Waals surface area contributed by atoms with E-state index in [2.05, 4.69) is 10.6 Å². The number of para-hydroxylation sites is 1. The second kappa shape index (κ2) is 16.8. The van der Waals surface area contributed by atoms with Crippen LogP contribution >= 0.6 is 11.6 Å². The summed E-state index contributed by atoms with van der Waals surface area (Å²) in [5.74, 6) is -0.903. The minimum absolute atomic E-state index is 0.247. The summed E-state index contributed by atoms with van der Waals surface area (Å²) < 4.78 is 11.3. The van der Waals surface area contributed by atoms with E-state index in [0.717, 1.165) is 28.7 Å². The van der Waals surface area contributed by atoms with E-state index >= 15 is 0 Å². The molecule has 0 aliphatic carbocycles. The molecule has 5 rings (SSSR count). The zero-order valence-corrected chi connectivity index (χ0v) is 27.5. The van der Waals surface area contributed by atoms with Crippen LogP contribution in [0.2, 0.25) is 5.02 Å². The molecule has 3 amide bonds. The molecule has 0 unspecified atom stereocenters. The number of hydrogen-bond donors (Lipinski definition) is 3. The van der Waals surface area contributed by atoms with Gasteiger partial charge in [0.05, 0.1) is 32.4 Å². The molecule has 9 nitrogen and oxygen atoms in total. The van der Waals surface area contributed by atoms with Crippen molar-refractivity contribution in [2.24, 2.45) is 0 Å². The summed E-state index contributed by atoms with van der Waals surface area (Å²) in [6, 6.07) is 33.2. The van der Waals surface area contributed by atoms with Gasteiger partial charge in [-0.15, -0.1) is 0 Å². The lowest BCUT2D eigenvalue weighted by Gasteiger charge is -2.37. The highest BCUT2D eigenvalue weighted by atomic mass is 35.5. The molecule has 0 aromatic heterocycles. The van der Waals surface area contributed by atoms with E-state index in [1.807, 2.05) is 109 Å². The first-order chi connectivity index (χ1) is 23.3. The lowest BCUT2D eigenvalue weighted by molar-refractivity contribution is -0.118. The van der Waals surface area contributed by atoms with Crippen LogP contribution in [0.25, 0.3) is 0 Å². The summed E-state index contributed by atoms with van der Waals surface area (Å²) in [6.45, 7) is 0.576. The van der Waals surface area contributed by atoms with Crippen LogP contribution in [0.4, 0.5) is 15.3 Å². The molecule has 0 spiro atoms. The number of nitrogens with zero attached hydrogens (tertiary/aromatic N) is 1. The zero-order valence-electron chi connectivity index (χ0n) is 26.8. The highest BCUT2D eigenvalue weighted by molar-refractivity contribution is 6.30. The minimum Gasteiger partial charge on any atom is -0.465 e. The number of halogens is 1. The van der Waals surface area contributed by atoms with Gasteiger partial charge in [0.25, 0.3) is 0 Å². The van der Waals surface area contributed by atoms with Gasteiger partial charge in [-0.2, -0.15) is 0 Å². The molecule has 1 heterocycles. The third-order valence-electron chi connectivity index (χ3n) is 8.57. The summed E-state index contributed by atoms with van der Waals surface area (Å²) >= 11 is 6.02. The molecule has 1 aliphatic heterocycles. The predicted molar refractivity (Wildman–Crippen MR) is 185 cm³/mol. The number of ether oxygens (including phenoxy) is 2. The Bertz CT molecular complexity index is 1610. The zero-order chi connectivity index (χ0) is 33.9. The van der Waals surface area contributed by atoms with Gasteiger partial charge in [0.2, 0.25) is 5.91 Å². The van der Waals surface area contributed by atoms with Crippen molar-refractivity contribution < 1.29 is 29.0 Å². The number of methoxy groups -OCH3 is 1. The Morgan fingerprint density at radius 2 is 1.40 bits per heavy atom. The Hall–Kier alpha value is -4.86. The smallest absolute Gasteiger partial charge is 0.407 e. The van der Waals surface area contributed by atoms with E-state index in [1.54, 1.807) is 0 Å². The maximum Gasteiger partial charge on any atom is 0.407 e. The minimum atomic E-state index is -0.998. The normalized spacial score (nSPS) is 16.6. The van der Waals surface area contributed by atoms with Gasteiger partial charge in [0, 0.05) is 16.6 Å². The second-order valence-corrected chi connectivity index (χ2v) is 12.3. The first kappa shape index (κ1) is 34.5. The number of carboxylic acid groups (broad SMARTS) is 1. The van der Waals surface area contributed by atoms with E-state index in [4.69, 9.17) is 21.1 Å². The standard InChI is InChI=1S/C38H40ClN3O6/c1-47-37(44)41-35(34(28-11-4-2-5-12-28)29-13-6-3-7-14-29)36(43)40-33-15-9-8-10-27(33)19-23-32-25-42(38(45)46)24-31(48-32)22-18-26-16-20-30(39)21-17-26/h2-17,20-21,31-32,34-35H,18-19,22-25H2,1H3,(H,40,43)(H,41,44)(H,45,46)/t31-,32-,35+/m1/s1. The summed E-state index contributed by atoms with van der Waals surface area (Å²) in [5, 5.41) is 16.3. The van der Waals surface area contributed by atoms with Crippen LogP contribution in [0, 0.1) is 0 Å². The van der Waals surface area contributed by atoms with E-state index in [9.17, 15) is 19.5 Å². The van der Waals surface area contributed by atoms with Crippen LogP contribution in [0.5, 0.6) is 0 Å².